The standard InChI is InChI=1S/C20H21NO8/c1-23-16-5-11(6-17(24-2)19(16)25-3)18-13-8-15-14(27-10-28-15)7-12(13)9-29-21(18)20(22)26-4/h5-8,18H,9-10H2,1-4H3. The van der Waals surface area contributed by atoms with Gasteiger partial charge in [-0.1, -0.05) is 0 Å². The smallest absolute Gasteiger partial charge is 0.434 e. The van der Waals surface area contributed by atoms with E-state index >= 15 is 0 Å². The molecule has 154 valence electrons. The van der Waals surface area contributed by atoms with Crippen LogP contribution < -0.4 is 23.7 Å². The maximum atomic E-state index is 12.5. The van der Waals surface area contributed by atoms with E-state index in [4.69, 9.17) is 33.3 Å². The number of hydrogen-bond donors (Lipinski definition) is 0. The van der Waals surface area contributed by atoms with Gasteiger partial charge in [-0.2, -0.15) is 5.06 Å². The summed E-state index contributed by atoms with van der Waals surface area (Å²) in [6, 6.07) is 6.62. The van der Waals surface area contributed by atoms with Crippen LogP contribution in [-0.4, -0.2) is 46.4 Å². The molecule has 2 aliphatic rings. The van der Waals surface area contributed by atoms with Gasteiger partial charge in [0.05, 0.1) is 28.4 Å². The van der Waals surface area contributed by atoms with E-state index < -0.39 is 12.1 Å². The van der Waals surface area contributed by atoms with Crippen molar-refractivity contribution in [1.29, 1.82) is 0 Å². The Kier molecular flexibility index (Phi) is 4.98. The van der Waals surface area contributed by atoms with Crippen molar-refractivity contribution < 1.29 is 38.1 Å². The van der Waals surface area contributed by atoms with Crippen LogP contribution in [0.3, 0.4) is 0 Å². The highest BCUT2D eigenvalue weighted by Gasteiger charge is 2.37. The maximum Gasteiger partial charge on any atom is 0.434 e. The van der Waals surface area contributed by atoms with Gasteiger partial charge in [-0.25, -0.2) is 4.79 Å². The van der Waals surface area contributed by atoms with E-state index in [1.54, 1.807) is 12.1 Å². The van der Waals surface area contributed by atoms with Crippen LogP contribution in [0.25, 0.3) is 0 Å². The minimum atomic E-state index is -0.632. The summed E-state index contributed by atoms with van der Waals surface area (Å²) in [5.74, 6) is 2.61. The lowest BCUT2D eigenvalue weighted by molar-refractivity contribution is -0.173. The van der Waals surface area contributed by atoms with E-state index in [2.05, 4.69) is 0 Å². The molecule has 0 N–H and O–H groups in total. The van der Waals surface area contributed by atoms with Gasteiger partial charge < -0.3 is 28.4 Å². The van der Waals surface area contributed by atoms with Crippen LogP contribution in [-0.2, 0) is 16.2 Å². The van der Waals surface area contributed by atoms with Crippen molar-refractivity contribution >= 4 is 6.09 Å². The van der Waals surface area contributed by atoms with E-state index in [0.717, 1.165) is 11.1 Å². The molecule has 29 heavy (non-hydrogen) atoms. The van der Waals surface area contributed by atoms with Crippen molar-refractivity contribution in [3.8, 4) is 28.7 Å². The molecule has 0 saturated carbocycles. The number of amides is 1. The molecule has 2 heterocycles. The zero-order chi connectivity index (χ0) is 20.5. The minimum absolute atomic E-state index is 0.147. The molecular formula is C20H21NO8. The summed E-state index contributed by atoms with van der Waals surface area (Å²) in [5, 5.41) is 1.19. The number of methoxy groups -OCH3 is 4. The van der Waals surface area contributed by atoms with Gasteiger partial charge in [0.25, 0.3) is 0 Å². The summed E-state index contributed by atoms with van der Waals surface area (Å²) in [7, 11) is 5.89. The fourth-order valence-corrected chi connectivity index (χ4v) is 3.54. The van der Waals surface area contributed by atoms with Gasteiger partial charge in [0.2, 0.25) is 12.5 Å². The Labute approximate surface area is 167 Å². The van der Waals surface area contributed by atoms with Crippen molar-refractivity contribution in [2.75, 3.05) is 35.2 Å². The monoisotopic (exact) mass is 403 g/mol. The van der Waals surface area contributed by atoms with Crippen molar-refractivity contribution in [2.45, 2.75) is 12.6 Å². The molecule has 1 atom stereocenters. The molecule has 4 rings (SSSR count). The highest BCUT2D eigenvalue weighted by molar-refractivity contribution is 5.69. The molecule has 0 radical (unpaired) electrons. The van der Waals surface area contributed by atoms with Crippen molar-refractivity contribution in [3.63, 3.8) is 0 Å². The fourth-order valence-electron chi connectivity index (χ4n) is 3.54. The molecule has 0 bridgehead atoms. The summed E-state index contributed by atoms with van der Waals surface area (Å²) in [4.78, 5) is 18.2. The molecule has 0 aliphatic carbocycles. The molecule has 9 heteroatoms. The van der Waals surface area contributed by atoms with Gasteiger partial charge >= 0.3 is 6.09 Å². The number of benzene rings is 2. The minimum Gasteiger partial charge on any atom is -0.493 e. The number of carbonyl (C=O) groups excluding carboxylic acids is 1. The largest absolute Gasteiger partial charge is 0.493 e. The van der Waals surface area contributed by atoms with E-state index in [1.807, 2.05) is 12.1 Å². The van der Waals surface area contributed by atoms with Crippen molar-refractivity contribution in [1.82, 2.24) is 5.06 Å². The molecule has 1 unspecified atom stereocenters. The van der Waals surface area contributed by atoms with E-state index in [-0.39, 0.29) is 13.4 Å². The fraction of sp³-hybridized carbons (Fsp3) is 0.350. The second-order valence-electron chi connectivity index (χ2n) is 6.33. The van der Waals surface area contributed by atoms with Gasteiger partial charge in [-0.15, -0.1) is 0 Å². The Bertz CT molecular complexity index is 919. The van der Waals surface area contributed by atoms with Crippen LogP contribution in [0, 0.1) is 0 Å². The summed E-state index contributed by atoms with van der Waals surface area (Å²) in [6.45, 7) is 0.330. The highest BCUT2D eigenvalue weighted by atomic mass is 16.7. The molecule has 9 nitrogen and oxygen atoms in total. The van der Waals surface area contributed by atoms with Gasteiger partial charge in [0.15, 0.2) is 23.0 Å². The Hall–Kier alpha value is -3.33. The number of fused-ring (bicyclic) bond motifs is 2. The lowest BCUT2D eigenvalue weighted by Crippen LogP contribution is -2.39. The summed E-state index contributed by atoms with van der Waals surface area (Å²) in [6.07, 6.45) is -0.632. The molecular weight excluding hydrogens is 382 g/mol. The normalized spacial score (nSPS) is 16.8. The molecule has 1 amide bonds. The summed E-state index contributed by atoms with van der Waals surface area (Å²) >= 11 is 0. The molecule has 2 aliphatic heterocycles. The molecule has 0 saturated heterocycles. The molecule has 0 aromatic heterocycles. The second kappa shape index (κ2) is 7.59. The zero-order valence-electron chi connectivity index (χ0n) is 16.5. The molecule has 0 fully saturated rings. The predicted octanol–water partition coefficient (Wildman–Crippen LogP) is 3.04. The van der Waals surface area contributed by atoms with Crippen LogP contribution in [0.4, 0.5) is 4.79 Å². The number of hydrogen-bond acceptors (Lipinski definition) is 8. The van der Waals surface area contributed by atoms with E-state index in [1.165, 1.54) is 33.5 Å². The Morgan fingerprint density at radius 3 is 2.21 bits per heavy atom. The van der Waals surface area contributed by atoms with Crippen LogP contribution in [0.15, 0.2) is 24.3 Å². The first-order valence-corrected chi connectivity index (χ1v) is 8.83. The van der Waals surface area contributed by atoms with Gasteiger partial charge in [0, 0.05) is 0 Å². The number of ether oxygens (including phenoxy) is 6. The van der Waals surface area contributed by atoms with Gasteiger partial charge in [-0.3, -0.25) is 4.84 Å². The lowest BCUT2D eigenvalue weighted by atomic mass is 9.92. The molecule has 2 aromatic carbocycles. The van der Waals surface area contributed by atoms with Crippen LogP contribution in [0.2, 0.25) is 0 Å². The maximum absolute atomic E-state index is 12.5. The zero-order valence-corrected chi connectivity index (χ0v) is 16.5. The number of carbonyl (C=O) groups is 1. The van der Waals surface area contributed by atoms with Crippen LogP contribution in [0.1, 0.15) is 22.7 Å². The second-order valence-corrected chi connectivity index (χ2v) is 6.33. The first-order chi connectivity index (χ1) is 14.1. The summed E-state index contributed by atoms with van der Waals surface area (Å²) < 4.78 is 32.3. The number of nitrogens with zero attached hydrogens (tertiary/aromatic N) is 1. The third-order valence-corrected chi connectivity index (χ3v) is 4.88. The first kappa shape index (κ1) is 19.0. The van der Waals surface area contributed by atoms with Crippen LogP contribution in [0.5, 0.6) is 28.7 Å². The highest BCUT2D eigenvalue weighted by Crippen LogP contribution is 2.47. The predicted molar refractivity (Wildman–Crippen MR) is 99.5 cm³/mol. The quantitative estimate of drug-likeness (QED) is 0.770. The topological polar surface area (TPSA) is 84.9 Å². The molecule has 2 aromatic rings. The number of rotatable bonds is 4. The average Bonchev–Trinajstić information content (AvgIpc) is 3.22. The first-order valence-electron chi connectivity index (χ1n) is 8.83. The van der Waals surface area contributed by atoms with E-state index in [0.29, 0.717) is 34.3 Å². The van der Waals surface area contributed by atoms with Crippen molar-refractivity contribution in [3.05, 3.63) is 41.0 Å². The summed E-state index contributed by atoms with van der Waals surface area (Å²) in [5.41, 5.74) is 2.37. The van der Waals surface area contributed by atoms with Crippen LogP contribution >= 0.6 is 0 Å². The lowest BCUT2D eigenvalue weighted by Gasteiger charge is -2.35. The average molecular weight is 403 g/mol. The Morgan fingerprint density at radius 2 is 1.62 bits per heavy atom. The third kappa shape index (κ3) is 3.13. The Balaban J connectivity index is 1.90. The number of hydroxylamine groups is 2. The molecule has 0 spiro atoms. The van der Waals surface area contributed by atoms with Crippen molar-refractivity contribution in [2.24, 2.45) is 0 Å². The Morgan fingerprint density at radius 1 is 0.966 bits per heavy atom. The SMILES string of the molecule is COC(=O)N1OCc2cc3c(cc2C1c1cc(OC)c(OC)c(OC)c1)OCO3. The van der Waals surface area contributed by atoms with E-state index in [9.17, 15) is 4.79 Å². The van der Waals surface area contributed by atoms with Gasteiger partial charge in [-0.05, 0) is 41.0 Å². The third-order valence-electron chi connectivity index (χ3n) is 4.88. The van der Waals surface area contributed by atoms with Gasteiger partial charge in [0.1, 0.15) is 12.6 Å².